The quantitative estimate of drug-likeness (QED) is 0.522. The van der Waals surface area contributed by atoms with Crippen LogP contribution in [-0.2, 0) is 20.9 Å². The number of furan rings is 1. The van der Waals surface area contributed by atoms with Gasteiger partial charge in [0.15, 0.2) is 0 Å². The first-order valence-electron chi connectivity index (χ1n) is 10.1. The van der Waals surface area contributed by atoms with Crippen LogP contribution >= 0.6 is 0 Å². The van der Waals surface area contributed by atoms with Gasteiger partial charge in [0, 0.05) is 38.2 Å². The van der Waals surface area contributed by atoms with Gasteiger partial charge >= 0.3 is 0 Å². The highest BCUT2D eigenvalue weighted by molar-refractivity contribution is 5.92. The highest BCUT2D eigenvalue weighted by Crippen LogP contribution is 2.18. The fraction of sp³-hybridized carbons (Fsp3) is 0.391. The average Bonchev–Trinajstić information content (AvgIpc) is 3.28. The summed E-state index contributed by atoms with van der Waals surface area (Å²) >= 11 is 0. The van der Waals surface area contributed by atoms with Gasteiger partial charge in [0.2, 0.25) is 11.8 Å². The molecule has 0 bridgehead atoms. The summed E-state index contributed by atoms with van der Waals surface area (Å²) in [5.74, 6) is 0.847. The number of ether oxygens (including phenoxy) is 1. The lowest BCUT2D eigenvalue weighted by Crippen LogP contribution is -2.42. The Morgan fingerprint density at radius 2 is 1.93 bits per heavy atom. The minimum atomic E-state index is -0.0267. The van der Waals surface area contributed by atoms with Gasteiger partial charge in [-0.05, 0) is 43.0 Å². The predicted molar refractivity (Wildman–Crippen MR) is 111 cm³/mol. The van der Waals surface area contributed by atoms with E-state index in [4.69, 9.17) is 9.15 Å². The van der Waals surface area contributed by atoms with Crippen molar-refractivity contribution in [2.75, 3.05) is 26.2 Å². The van der Waals surface area contributed by atoms with Crippen LogP contribution in [0.3, 0.4) is 0 Å². The number of hydrogen-bond donors (Lipinski definition) is 1. The summed E-state index contributed by atoms with van der Waals surface area (Å²) in [4.78, 5) is 26.5. The van der Waals surface area contributed by atoms with Crippen LogP contribution in [0.5, 0.6) is 0 Å². The fourth-order valence-corrected chi connectivity index (χ4v) is 3.30. The minimum Gasteiger partial charge on any atom is -0.467 e. The molecule has 1 fully saturated rings. The number of rotatable bonds is 9. The van der Waals surface area contributed by atoms with Gasteiger partial charge in [-0.1, -0.05) is 30.3 Å². The molecule has 2 heterocycles. The van der Waals surface area contributed by atoms with Crippen LogP contribution in [0.1, 0.15) is 30.6 Å². The normalized spacial score (nSPS) is 15.0. The molecular formula is C23H28N2O4. The molecular weight excluding hydrogens is 368 g/mol. The monoisotopic (exact) mass is 396 g/mol. The fourth-order valence-electron chi connectivity index (χ4n) is 3.30. The predicted octanol–water partition coefficient (Wildman–Crippen LogP) is 3.25. The molecule has 1 N–H and O–H groups in total. The van der Waals surface area contributed by atoms with Crippen molar-refractivity contribution >= 4 is 17.9 Å². The van der Waals surface area contributed by atoms with Gasteiger partial charge in [0.25, 0.3) is 0 Å². The first-order chi connectivity index (χ1) is 14.2. The zero-order valence-corrected chi connectivity index (χ0v) is 16.6. The molecule has 1 aromatic carbocycles. The Kier molecular flexibility index (Phi) is 8.07. The van der Waals surface area contributed by atoms with E-state index >= 15 is 0 Å². The molecule has 0 atom stereocenters. The first-order valence-corrected chi connectivity index (χ1v) is 10.1. The maximum atomic E-state index is 12.3. The summed E-state index contributed by atoms with van der Waals surface area (Å²) < 4.78 is 10.7. The van der Waals surface area contributed by atoms with Gasteiger partial charge in [-0.25, -0.2) is 0 Å². The van der Waals surface area contributed by atoms with Crippen molar-refractivity contribution in [3.8, 4) is 0 Å². The van der Waals surface area contributed by atoms with Crippen LogP contribution < -0.4 is 5.32 Å². The van der Waals surface area contributed by atoms with Crippen LogP contribution in [0.15, 0.2) is 59.2 Å². The Labute approximate surface area is 171 Å². The van der Waals surface area contributed by atoms with E-state index in [0.717, 1.165) is 17.7 Å². The Bertz CT molecular complexity index is 778. The molecule has 2 aromatic rings. The van der Waals surface area contributed by atoms with E-state index in [1.165, 1.54) is 0 Å². The number of carbonyl (C=O) groups is 2. The van der Waals surface area contributed by atoms with E-state index in [1.54, 1.807) is 12.3 Å². The van der Waals surface area contributed by atoms with Gasteiger partial charge in [0.05, 0.1) is 6.26 Å². The number of carbonyl (C=O) groups excluding carboxylic acids is 2. The number of likely N-dealkylation sites (tertiary alicyclic amines) is 1. The third-order valence-corrected chi connectivity index (χ3v) is 4.98. The second-order valence-electron chi connectivity index (χ2n) is 7.12. The number of benzene rings is 1. The van der Waals surface area contributed by atoms with Gasteiger partial charge in [-0.15, -0.1) is 0 Å². The molecule has 0 aliphatic carbocycles. The van der Waals surface area contributed by atoms with Crippen LogP contribution in [-0.4, -0.2) is 43.0 Å². The van der Waals surface area contributed by atoms with Crippen molar-refractivity contribution < 1.29 is 18.7 Å². The summed E-state index contributed by atoms with van der Waals surface area (Å²) in [6, 6.07) is 13.5. The Morgan fingerprint density at radius 3 is 2.66 bits per heavy atom. The standard InChI is InChI=1S/C23H28N2O4/c26-22(10-9-19-6-2-1-3-7-19)25-14-11-20(12-15-25)23(27)24-13-5-16-28-18-21-8-4-17-29-21/h1-4,6-10,17,20H,5,11-16,18H2,(H,24,27). The van der Waals surface area contributed by atoms with Crippen LogP contribution in [0, 0.1) is 5.92 Å². The van der Waals surface area contributed by atoms with Crippen molar-refractivity contribution in [2.45, 2.75) is 25.9 Å². The van der Waals surface area contributed by atoms with E-state index in [-0.39, 0.29) is 17.7 Å². The van der Waals surface area contributed by atoms with E-state index in [2.05, 4.69) is 5.32 Å². The van der Waals surface area contributed by atoms with Crippen molar-refractivity contribution in [3.63, 3.8) is 0 Å². The maximum absolute atomic E-state index is 12.3. The molecule has 1 aromatic heterocycles. The molecule has 2 amide bonds. The second-order valence-corrected chi connectivity index (χ2v) is 7.12. The molecule has 1 saturated heterocycles. The summed E-state index contributed by atoms with van der Waals surface area (Å²) in [5.41, 5.74) is 1.00. The van der Waals surface area contributed by atoms with E-state index in [9.17, 15) is 9.59 Å². The SMILES string of the molecule is O=C(NCCCOCc1ccco1)C1CCN(C(=O)C=Cc2ccccc2)CC1. The number of nitrogens with one attached hydrogen (secondary N) is 1. The van der Waals surface area contributed by atoms with E-state index < -0.39 is 0 Å². The van der Waals surface area contributed by atoms with Crippen molar-refractivity contribution in [1.29, 1.82) is 0 Å². The molecule has 0 unspecified atom stereocenters. The first kappa shape index (κ1) is 20.9. The highest BCUT2D eigenvalue weighted by Gasteiger charge is 2.26. The molecule has 1 aliphatic rings. The smallest absolute Gasteiger partial charge is 0.246 e. The number of piperidine rings is 1. The van der Waals surface area contributed by atoms with Crippen molar-refractivity contribution in [3.05, 3.63) is 66.1 Å². The number of nitrogens with zero attached hydrogens (tertiary/aromatic N) is 1. The van der Waals surface area contributed by atoms with Gasteiger partial charge in [0.1, 0.15) is 12.4 Å². The third-order valence-electron chi connectivity index (χ3n) is 4.98. The zero-order valence-electron chi connectivity index (χ0n) is 16.6. The summed E-state index contributed by atoms with van der Waals surface area (Å²) in [7, 11) is 0. The lowest BCUT2D eigenvalue weighted by Gasteiger charge is -2.30. The Morgan fingerprint density at radius 1 is 1.14 bits per heavy atom. The molecule has 0 spiro atoms. The number of amides is 2. The summed E-state index contributed by atoms with van der Waals surface area (Å²) in [6.07, 6.45) is 7.22. The highest BCUT2D eigenvalue weighted by atomic mass is 16.5. The van der Waals surface area contributed by atoms with Crippen LogP contribution in [0.25, 0.3) is 6.08 Å². The van der Waals surface area contributed by atoms with E-state index in [0.29, 0.717) is 45.7 Å². The Hall–Kier alpha value is -2.86. The van der Waals surface area contributed by atoms with Gasteiger partial charge in [-0.2, -0.15) is 0 Å². The van der Waals surface area contributed by atoms with Crippen LogP contribution in [0.2, 0.25) is 0 Å². The second kappa shape index (κ2) is 11.2. The molecule has 0 saturated carbocycles. The molecule has 6 nitrogen and oxygen atoms in total. The van der Waals surface area contributed by atoms with Gasteiger partial charge < -0.3 is 19.4 Å². The Balaban J connectivity index is 1.28. The summed E-state index contributed by atoms with van der Waals surface area (Å²) in [5, 5.41) is 2.98. The molecule has 1 aliphatic heterocycles. The topological polar surface area (TPSA) is 71.8 Å². The lowest BCUT2D eigenvalue weighted by atomic mass is 9.96. The lowest BCUT2D eigenvalue weighted by molar-refractivity contribution is -0.132. The zero-order chi connectivity index (χ0) is 20.3. The minimum absolute atomic E-state index is 0.00131. The van der Waals surface area contributed by atoms with Crippen molar-refractivity contribution in [2.24, 2.45) is 5.92 Å². The number of hydrogen-bond acceptors (Lipinski definition) is 4. The molecule has 154 valence electrons. The molecule has 29 heavy (non-hydrogen) atoms. The largest absolute Gasteiger partial charge is 0.467 e. The van der Waals surface area contributed by atoms with Gasteiger partial charge in [-0.3, -0.25) is 9.59 Å². The van der Waals surface area contributed by atoms with Crippen LogP contribution in [0.4, 0.5) is 0 Å². The third kappa shape index (κ3) is 6.91. The molecule has 6 heteroatoms. The maximum Gasteiger partial charge on any atom is 0.246 e. The van der Waals surface area contributed by atoms with E-state index in [1.807, 2.05) is 53.4 Å². The average molecular weight is 396 g/mol. The summed E-state index contributed by atoms with van der Waals surface area (Å²) in [6.45, 7) is 2.84. The van der Waals surface area contributed by atoms with Crippen molar-refractivity contribution in [1.82, 2.24) is 10.2 Å². The molecule has 0 radical (unpaired) electrons. The molecule has 3 rings (SSSR count).